The van der Waals surface area contributed by atoms with Gasteiger partial charge in [-0.25, -0.2) is 4.79 Å². The van der Waals surface area contributed by atoms with Crippen molar-refractivity contribution in [2.45, 2.75) is 13.8 Å². The van der Waals surface area contributed by atoms with Crippen LogP contribution >= 0.6 is 11.6 Å². The number of esters is 1. The summed E-state index contributed by atoms with van der Waals surface area (Å²) in [6.07, 6.45) is 0. The fourth-order valence-electron chi connectivity index (χ4n) is 2.28. The van der Waals surface area contributed by atoms with Gasteiger partial charge in [0.25, 0.3) is 5.91 Å². The molecule has 1 aromatic heterocycles. The van der Waals surface area contributed by atoms with Gasteiger partial charge >= 0.3 is 5.97 Å². The van der Waals surface area contributed by atoms with Crippen LogP contribution < -0.4 is 10.1 Å². The summed E-state index contributed by atoms with van der Waals surface area (Å²) in [4.78, 5) is 24.7. The SMILES string of the molecule is CCOC(=O)c1c(C)nn(C)c1NC(=O)c1cc(Cl)ccc1OC. The van der Waals surface area contributed by atoms with Crippen LogP contribution in [0.5, 0.6) is 5.75 Å². The highest BCUT2D eigenvalue weighted by Gasteiger charge is 2.24. The van der Waals surface area contributed by atoms with Crippen LogP contribution in [0.25, 0.3) is 0 Å². The summed E-state index contributed by atoms with van der Waals surface area (Å²) in [5.74, 6) is -0.397. The summed E-state index contributed by atoms with van der Waals surface area (Å²) in [7, 11) is 3.08. The van der Waals surface area contributed by atoms with Crippen LogP contribution in [0.4, 0.5) is 5.82 Å². The number of anilines is 1. The van der Waals surface area contributed by atoms with Crippen molar-refractivity contribution in [3.8, 4) is 5.75 Å². The zero-order valence-electron chi connectivity index (χ0n) is 13.8. The molecule has 0 radical (unpaired) electrons. The molecule has 0 spiro atoms. The molecule has 1 N–H and O–H groups in total. The van der Waals surface area contributed by atoms with Gasteiger partial charge in [-0.05, 0) is 32.0 Å². The molecule has 128 valence electrons. The van der Waals surface area contributed by atoms with Gasteiger partial charge in [0.15, 0.2) is 0 Å². The Balaban J connectivity index is 2.40. The molecular weight excluding hydrogens is 334 g/mol. The van der Waals surface area contributed by atoms with Gasteiger partial charge in [-0.1, -0.05) is 11.6 Å². The summed E-state index contributed by atoms with van der Waals surface area (Å²) >= 11 is 5.95. The predicted molar refractivity (Wildman–Crippen MR) is 89.9 cm³/mol. The van der Waals surface area contributed by atoms with Crippen LogP contribution in [0.2, 0.25) is 5.02 Å². The Labute approximate surface area is 144 Å². The third kappa shape index (κ3) is 3.51. The van der Waals surface area contributed by atoms with E-state index in [1.165, 1.54) is 17.9 Å². The van der Waals surface area contributed by atoms with Gasteiger partial charge in [-0.2, -0.15) is 5.10 Å². The third-order valence-electron chi connectivity index (χ3n) is 3.34. The van der Waals surface area contributed by atoms with E-state index in [0.29, 0.717) is 16.5 Å². The second-order valence-corrected chi connectivity index (χ2v) is 5.39. The number of ether oxygens (including phenoxy) is 2. The van der Waals surface area contributed by atoms with Gasteiger partial charge in [0.05, 0.1) is 25.0 Å². The molecule has 0 saturated heterocycles. The smallest absolute Gasteiger partial charge is 0.343 e. The zero-order valence-corrected chi connectivity index (χ0v) is 14.6. The Morgan fingerprint density at radius 3 is 2.71 bits per heavy atom. The van der Waals surface area contributed by atoms with Crippen molar-refractivity contribution in [1.82, 2.24) is 9.78 Å². The van der Waals surface area contributed by atoms with Crippen molar-refractivity contribution in [1.29, 1.82) is 0 Å². The predicted octanol–water partition coefficient (Wildman–Crippen LogP) is 2.82. The number of halogens is 1. The number of nitrogens with one attached hydrogen (secondary N) is 1. The molecule has 8 heteroatoms. The lowest BCUT2D eigenvalue weighted by atomic mass is 10.1. The lowest BCUT2D eigenvalue weighted by Gasteiger charge is -2.11. The van der Waals surface area contributed by atoms with E-state index in [1.54, 1.807) is 33.0 Å². The molecule has 0 saturated carbocycles. The van der Waals surface area contributed by atoms with Crippen LogP contribution in [0, 0.1) is 6.92 Å². The van der Waals surface area contributed by atoms with Crippen LogP contribution in [-0.2, 0) is 11.8 Å². The van der Waals surface area contributed by atoms with Gasteiger partial charge in [0.1, 0.15) is 17.1 Å². The number of carbonyl (C=O) groups excluding carboxylic acids is 2. The molecule has 0 aliphatic carbocycles. The number of hydrogen-bond acceptors (Lipinski definition) is 5. The van der Waals surface area contributed by atoms with Crippen molar-refractivity contribution < 1.29 is 19.1 Å². The molecule has 0 aliphatic heterocycles. The van der Waals surface area contributed by atoms with Crippen molar-refractivity contribution >= 4 is 29.3 Å². The fourth-order valence-corrected chi connectivity index (χ4v) is 2.45. The number of aromatic nitrogens is 2. The number of methoxy groups -OCH3 is 1. The van der Waals surface area contributed by atoms with E-state index in [4.69, 9.17) is 21.1 Å². The Bertz CT molecular complexity index is 786. The van der Waals surface area contributed by atoms with Crippen molar-refractivity contribution in [2.24, 2.45) is 7.05 Å². The lowest BCUT2D eigenvalue weighted by Crippen LogP contribution is -2.18. The standard InChI is InChI=1S/C16H18ClN3O4/c1-5-24-16(22)13-9(2)19-20(3)14(13)18-15(21)11-8-10(17)6-7-12(11)23-4/h6-8H,5H2,1-4H3,(H,18,21). The molecule has 1 heterocycles. The maximum atomic E-state index is 12.6. The summed E-state index contributed by atoms with van der Waals surface area (Å²) in [6, 6.07) is 4.70. The van der Waals surface area contributed by atoms with Crippen molar-refractivity contribution in [3.05, 3.63) is 40.0 Å². The Morgan fingerprint density at radius 2 is 2.08 bits per heavy atom. The number of amides is 1. The van der Waals surface area contributed by atoms with Gasteiger partial charge < -0.3 is 14.8 Å². The molecule has 0 bridgehead atoms. The fraction of sp³-hybridized carbons (Fsp3) is 0.312. The summed E-state index contributed by atoms with van der Waals surface area (Å²) in [5.41, 5.74) is 0.927. The zero-order chi connectivity index (χ0) is 17.9. The molecule has 2 rings (SSSR count). The van der Waals surface area contributed by atoms with E-state index in [-0.39, 0.29) is 23.6 Å². The molecule has 0 unspecified atom stereocenters. The molecule has 1 amide bonds. The minimum absolute atomic E-state index is 0.216. The number of rotatable bonds is 5. The highest BCUT2D eigenvalue weighted by atomic mass is 35.5. The van der Waals surface area contributed by atoms with Gasteiger partial charge in [0, 0.05) is 12.1 Å². The number of hydrogen-bond donors (Lipinski definition) is 1. The van der Waals surface area contributed by atoms with E-state index in [2.05, 4.69) is 10.4 Å². The van der Waals surface area contributed by atoms with Crippen molar-refractivity contribution in [2.75, 3.05) is 19.0 Å². The summed E-state index contributed by atoms with van der Waals surface area (Å²) < 4.78 is 11.6. The van der Waals surface area contributed by atoms with Crippen molar-refractivity contribution in [3.63, 3.8) is 0 Å². The average Bonchev–Trinajstić information content (AvgIpc) is 2.81. The molecule has 0 fully saturated rings. The maximum Gasteiger partial charge on any atom is 0.343 e. The Hall–Kier alpha value is -2.54. The Morgan fingerprint density at radius 1 is 1.38 bits per heavy atom. The van der Waals surface area contributed by atoms with Crippen LogP contribution in [0.3, 0.4) is 0 Å². The first kappa shape index (κ1) is 17.8. The topological polar surface area (TPSA) is 82.5 Å². The number of benzene rings is 1. The second kappa shape index (κ2) is 7.35. The minimum atomic E-state index is -0.545. The second-order valence-electron chi connectivity index (χ2n) is 4.95. The van der Waals surface area contributed by atoms with E-state index in [0.717, 1.165) is 0 Å². The molecular formula is C16H18ClN3O4. The molecule has 2 aromatic rings. The third-order valence-corrected chi connectivity index (χ3v) is 3.57. The quantitative estimate of drug-likeness (QED) is 0.837. The maximum absolute atomic E-state index is 12.6. The van der Waals surface area contributed by atoms with E-state index in [1.807, 2.05) is 0 Å². The number of carbonyl (C=O) groups is 2. The number of nitrogens with zero attached hydrogens (tertiary/aromatic N) is 2. The highest BCUT2D eigenvalue weighted by Crippen LogP contribution is 2.25. The van der Waals surface area contributed by atoms with Crippen LogP contribution in [0.15, 0.2) is 18.2 Å². The normalized spacial score (nSPS) is 10.4. The van der Waals surface area contributed by atoms with Crippen LogP contribution in [0.1, 0.15) is 33.3 Å². The van der Waals surface area contributed by atoms with E-state index < -0.39 is 11.9 Å². The van der Waals surface area contributed by atoms with Crippen LogP contribution in [-0.4, -0.2) is 35.4 Å². The summed E-state index contributed by atoms with van der Waals surface area (Å²) in [6.45, 7) is 3.60. The first-order valence-electron chi connectivity index (χ1n) is 7.24. The highest BCUT2D eigenvalue weighted by molar-refractivity contribution is 6.31. The lowest BCUT2D eigenvalue weighted by molar-refractivity contribution is 0.0526. The first-order chi connectivity index (χ1) is 11.4. The van der Waals surface area contributed by atoms with Gasteiger partial charge in [0.2, 0.25) is 0 Å². The molecule has 0 aliphatic rings. The largest absolute Gasteiger partial charge is 0.496 e. The number of aryl methyl sites for hydroxylation is 2. The molecule has 24 heavy (non-hydrogen) atoms. The monoisotopic (exact) mass is 351 g/mol. The van der Waals surface area contributed by atoms with Gasteiger partial charge in [-0.3, -0.25) is 9.48 Å². The van der Waals surface area contributed by atoms with E-state index in [9.17, 15) is 9.59 Å². The minimum Gasteiger partial charge on any atom is -0.496 e. The summed E-state index contributed by atoms with van der Waals surface area (Å²) in [5, 5.41) is 7.24. The molecule has 0 atom stereocenters. The van der Waals surface area contributed by atoms with E-state index >= 15 is 0 Å². The average molecular weight is 352 g/mol. The Kier molecular flexibility index (Phi) is 5.46. The first-order valence-corrected chi connectivity index (χ1v) is 7.62. The molecule has 1 aromatic carbocycles. The van der Waals surface area contributed by atoms with Gasteiger partial charge in [-0.15, -0.1) is 0 Å². The molecule has 7 nitrogen and oxygen atoms in total.